The summed E-state index contributed by atoms with van der Waals surface area (Å²) < 4.78 is 54.6. The van der Waals surface area contributed by atoms with E-state index in [0.717, 1.165) is 12.3 Å². The lowest BCUT2D eigenvalue weighted by Crippen LogP contribution is -2.34. The van der Waals surface area contributed by atoms with Crippen LogP contribution in [0.15, 0.2) is 42.6 Å². The summed E-state index contributed by atoms with van der Waals surface area (Å²) in [5, 5.41) is 9.35. The van der Waals surface area contributed by atoms with Crippen molar-refractivity contribution < 1.29 is 37.0 Å². The molecule has 1 N–H and O–H groups in total. The number of pyridine rings is 1. The number of amides is 1. The van der Waals surface area contributed by atoms with Crippen LogP contribution in [0.5, 0.6) is 5.88 Å². The predicted octanol–water partition coefficient (Wildman–Crippen LogP) is 3.19. The minimum atomic E-state index is -4.32. The number of para-hydroxylation sites is 1. The molecular weight excluding hydrogens is 384 g/mol. The Morgan fingerprint density at radius 1 is 1.25 bits per heavy atom. The molecule has 2 aromatic rings. The summed E-state index contributed by atoms with van der Waals surface area (Å²) in [6.45, 7) is -1.61. The summed E-state index contributed by atoms with van der Waals surface area (Å²) in [5.74, 6) is -7.13. The van der Waals surface area contributed by atoms with Gasteiger partial charge in [0, 0.05) is 24.5 Å². The maximum atomic E-state index is 12.9. The van der Waals surface area contributed by atoms with Gasteiger partial charge in [0.1, 0.15) is 5.92 Å². The molecule has 1 unspecified atom stereocenters. The summed E-state index contributed by atoms with van der Waals surface area (Å²) in [5.41, 5.74) is 1.02. The number of fused-ring (bicyclic) bond motifs is 1. The first-order valence-corrected chi connectivity index (χ1v) is 8.09. The van der Waals surface area contributed by atoms with E-state index in [1.807, 2.05) is 0 Å². The number of alkyl halides is 4. The first-order chi connectivity index (χ1) is 13.2. The van der Waals surface area contributed by atoms with E-state index < -0.39 is 36.7 Å². The summed E-state index contributed by atoms with van der Waals surface area (Å²) in [7, 11) is 0. The first kappa shape index (κ1) is 19.6. The van der Waals surface area contributed by atoms with Crippen LogP contribution in [-0.4, -0.2) is 47.5 Å². The van der Waals surface area contributed by atoms with Crippen LogP contribution in [0.1, 0.15) is 21.8 Å². The molecular formula is C18H14F4N2O4. The Hall–Kier alpha value is -3.17. The van der Waals surface area contributed by atoms with Gasteiger partial charge in [-0.3, -0.25) is 9.59 Å². The number of benzene rings is 1. The Kier molecular flexibility index (Phi) is 5.21. The van der Waals surface area contributed by atoms with Crippen LogP contribution >= 0.6 is 0 Å². The van der Waals surface area contributed by atoms with Crippen molar-refractivity contribution in [3.63, 3.8) is 0 Å². The third-order valence-electron chi connectivity index (χ3n) is 4.23. The average molecular weight is 398 g/mol. The van der Waals surface area contributed by atoms with E-state index in [1.54, 1.807) is 24.3 Å². The molecule has 10 heteroatoms. The van der Waals surface area contributed by atoms with Gasteiger partial charge in [0.25, 0.3) is 5.91 Å². The number of rotatable bonds is 6. The van der Waals surface area contributed by atoms with E-state index in [-0.39, 0.29) is 18.0 Å². The van der Waals surface area contributed by atoms with Gasteiger partial charge in [-0.25, -0.2) is 13.8 Å². The van der Waals surface area contributed by atoms with E-state index in [1.165, 1.54) is 11.0 Å². The standard InChI is InChI=1S/C18H14F4N2O4/c19-17(20)18(21,22)9-28-14-6-5-10(7-23-14)15(25)24-8-12(16(26)27)11-3-1-2-4-13(11)24/h1-7,12,17H,8-9H2,(H,26,27). The molecule has 0 aliphatic carbocycles. The van der Waals surface area contributed by atoms with E-state index in [9.17, 15) is 32.3 Å². The van der Waals surface area contributed by atoms with Crippen molar-refractivity contribution in [1.82, 2.24) is 4.98 Å². The molecule has 0 saturated carbocycles. The van der Waals surface area contributed by atoms with Gasteiger partial charge in [-0.05, 0) is 17.7 Å². The molecule has 1 aliphatic heterocycles. The second-order valence-electron chi connectivity index (χ2n) is 6.10. The third-order valence-corrected chi connectivity index (χ3v) is 4.23. The second kappa shape index (κ2) is 7.45. The van der Waals surface area contributed by atoms with Gasteiger partial charge in [-0.1, -0.05) is 18.2 Å². The van der Waals surface area contributed by atoms with Crippen LogP contribution in [0.3, 0.4) is 0 Å². The van der Waals surface area contributed by atoms with Crippen LogP contribution in [0, 0.1) is 0 Å². The van der Waals surface area contributed by atoms with Gasteiger partial charge in [0.05, 0.1) is 5.56 Å². The number of carbonyl (C=O) groups excluding carboxylic acids is 1. The molecule has 28 heavy (non-hydrogen) atoms. The number of aromatic nitrogens is 1. The Morgan fingerprint density at radius 2 is 1.96 bits per heavy atom. The van der Waals surface area contributed by atoms with Crippen LogP contribution in [0.4, 0.5) is 23.2 Å². The summed E-state index contributed by atoms with van der Waals surface area (Å²) in [4.78, 5) is 29.1. The van der Waals surface area contributed by atoms with Gasteiger partial charge >= 0.3 is 18.3 Å². The van der Waals surface area contributed by atoms with Gasteiger partial charge in [-0.15, -0.1) is 0 Å². The fourth-order valence-corrected chi connectivity index (χ4v) is 2.79. The number of aliphatic carboxylic acids is 1. The molecule has 0 bridgehead atoms. The Morgan fingerprint density at radius 3 is 2.57 bits per heavy atom. The zero-order valence-electron chi connectivity index (χ0n) is 14.2. The first-order valence-electron chi connectivity index (χ1n) is 8.09. The van der Waals surface area contributed by atoms with E-state index in [0.29, 0.717) is 11.3 Å². The molecule has 3 rings (SSSR count). The van der Waals surface area contributed by atoms with Crippen molar-refractivity contribution in [1.29, 1.82) is 0 Å². The summed E-state index contributed by atoms with van der Waals surface area (Å²) in [6, 6.07) is 8.92. The number of halogens is 4. The number of carboxylic acid groups (broad SMARTS) is 1. The van der Waals surface area contributed by atoms with Crippen molar-refractivity contribution in [2.45, 2.75) is 18.3 Å². The van der Waals surface area contributed by atoms with Gasteiger partial charge in [0.2, 0.25) is 5.88 Å². The lowest BCUT2D eigenvalue weighted by molar-refractivity contribution is -0.148. The van der Waals surface area contributed by atoms with Crippen LogP contribution in [0.25, 0.3) is 0 Å². The van der Waals surface area contributed by atoms with Gasteiger partial charge < -0.3 is 14.7 Å². The zero-order chi connectivity index (χ0) is 20.5. The molecule has 1 aliphatic rings. The Balaban J connectivity index is 1.74. The largest absolute Gasteiger partial charge is 0.481 e. The molecule has 0 spiro atoms. The smallest absolute Gasteiger partial charge is 0.340 e. The highest BCUT2D eigenvalue weighted by Crippen LogP contribution is 2.37. The van der Waals surface area contributed by atoms with Gasteiger partial charge in [-0.2, -0.15) is 8.78 Å². The minimum absolute atomic E-state index is 0.0631. The summed E-state index contributed by atoms with van der Waals surface area (Å²) in [6.07, 6.45) is -2.82. The highest BCUT2D eigenvalue weighted by atomic mass is 19.3. The molecule has 1 amide bonds. The third kappa shape index (κ3) is 3.75. The molecule has 148 valence electrons. The monoisotopic (exact) mass is 398 g/mol. The maximum absolute atomic E-state index is 12.9. The van der Waals surface area contributed by atoms with E-state index in [4.69, 9.17) is 0 Å². The zero-order valence-corrected chi connectivity index (χ0v) is 14.2. The average Bonchev–Trinajstić information content (AvgIpc) is 3.06. The van der Waals surface area contributed by atoms with Crippen molar-refractivity contribution >= 4 is 17.6 Å². The number of nitrogens with zero attached hydrogens (tertiary/aromatic N) is 2. The number of carbonyl (C=O) groups is 2. The SMILES string of the molecule is O=C(O)C1CN(C(=O)c2ccc(OCC(F)(F)C(F)F)nc2)c2ccccc21. The normalized spacial score (nSPS) is 16.2. The Labute approximate surface area is 156 Å². The molecule has 0 fully saturated rings. The second-order valence-corrected chi connectivity index (χ2v) is 6.10. The van der Waals surface area contributed by atoms with Crippen molar-refractivity contribution in [3.8, 4) is 5.88 Å². The van der Waals surface area contributed by atoms with Crippen LogP contribution < -0.4 is 9.64 Å². The number of ether oxygens (including phenoxy) is 1. The fourth-order valence-electron chi connectivity index (χ4n) is 2.79. The number of hydrogen-bond acceptors (Lipinski definition) is 4. The fraction of sp³-hybridized carbons (Fsp3) is 0.278. The highest BCUT2D eigenvalue weighted by Gasteiger charge is 2.42. The van der Waals surface area contributed by atoms with Crippen molar-refractivity contribution in [2.24, 2.45) is 0 Å². The van der Waals surface area contributed by atoms with Gasteiger partial charge in [0.15, 0.2) is 6.61 Å². The lowest BCUT2D eigenvalue weighted by Gasteiger charge is -2.18. The van der Waals surface area contributed by atoms with Crippen molar-refractivity contribution in [2.75, 3.05) is 18.1 Å². The maximum Gasteiger partial charge on any atom is 0.340 e. The molecule has 1 aromatic carbocycles. The predicted molar refractivity (Wildman–Crippen MR) is 89.2 cm³/mol. The molecule has 0 saturated heterocycles. The van der Waals surface area contributed by atoms with E-state index in [2.05, 4.69) is 9.72 Å². The minimum Gasteiger partial charge on any atom is -0.481 e. The topological polar surface area (TPSA) is 79.7 Å². The summed E-state index contributed by atoms with van der Waals surface area (Å²) >= 11 is 0. The molecule has 1 aromatic heterocycles. The lowest BCUT2D eigenvalue weighted by atomic mass is 10.0. The quantitative estimate of drug-likeness (QED) is 0.756. The van der Waals surface area contributed by atoms with Crippen LogP contribution in [0.2, 0.25) is 0 Å². The molecule has 2 heterocycles. The number of anilines is 1. The molecule has 1 atom stereocenters. The highest BCUT2D eigenvalue weighted by molar-refractivity contribution is 6.08. The van der Waals surface area contributed by atoms with E-state index >= 15 is 0 Å². The number of hydrogen-bond donors (Lipinski definition) is 1. The number of carboxylic acids is 1. The molecule has 0 radical (unpaired) electrons. The Bertz CT molecular complexity index is 889. The van der Waals surface area contributed by atoms with Crippen LogP contribution in [-0.2, 0) is 4.79 Å². The molecule has 6 nitrogen and oxygen atoms in total. The van der Waals surface area contributed by atoms with Crippen molar-refractivity contribution in [3.05, 3.63) is 53.7 Å².